The molecule has 104 valence electrons. The summed E-state index contributed by atoms with van der Waals surface area (Å²) in [5.41, 5.74) is 1.68. The van der Waals surface area contributed by atoms with Crippen molar-refractivity contribution in [1.82, 2.24) is 0 Å². The molecular weight excluding hydrogens is 295 g/mol. The summed E-state index contributed by atoms with van der Waals surface area (Å²) in [6.45, 7) is 0. The smallest absolute Gasteiger partial charge is 0.127 e. The third kappa shape index (κ3) is 2.71. The Bertz CT molecular complexity index is 632. The Kier molecular flexibility index (Phi) is 4.01. The zero-order chi connectivity index (χ0) is 14.1. The van der Waals surface area contributed by atoms with Crippen LogP contribution >= 0.6 is 23.4 Å². The van der Waals surface area contributed by atoms with Crippen molar-refractivity contribution in [3.63, 3.8) is 0 Å². The van der Waals surface area contributed by atoms with Gasteiger partial charge in [0.05, 0.1) is 6.10 Å². The van der Waals surface area contributed by atoms with E-state index in [1.54, 1.807) is 23.9 Å². The van der Waals surface area contributed by atoms with Crippen molar-refractivity contribution in [2.45, 2.75) is 23.3 Å². The molecule has 1 N–H and O–H groups in total. The summed E-state index contributed by atoms with van der Waals surface area (Å²) in [5, 5.41) is 10.8. The molecule has 2 atom stereocenters. The van der Waals surface area contributed by atoms with E-state index in [1.165, 1.54) is 16.5 Å². The summed E-state index contributed by atoms with van der Waals surface area (Å²) < 4.78 is 13.8. The predicted molar refractivity (Wildman–Crippen MR) is 81.0 cm³/mol. The first-order valence-electron chi connectivity index (χ1n) is 6.49. The van der Waals surface area contributed by atoms with Crippen LogP contribution in [0, 0.1) is 5.82 Å². The topological polar surface area (TPSA) is 20.2 Å². The number of rotatable bonds is 3. The molecule has 0 aliphatic carbocycles. The van der Waals surface area contributed by atoms with Crippen molar-refractivity contribution in [2.75, 3.05) is 5.75 Å². The van der Waals surface area contributed by atoms with E-state index in [4.69, 9.17) is 11.6 Å². The van der Waals surface area contributed by atoms with E-state index in [-0.39, 0.29) is 11.7 Å². The van der Waals surface area contributed by atoms with Crippen molar-refractivity contribution >= 4 is 23.4 Å². The van der Waals surface area contributed by atoms with Crippen LogP contribution in [0.15, 0.2) is 47.4 Å². The van der Waals surface area contributed by atoms with Gasteiger partial charge in [-0.25, -0.2) is 4.39 Å². The van der Waals surface area contributed by atoms with Gasteiger partial charge < -0.3 is 5.11 Å². The lowest BCUT2D eigenvalue weighted by molar-refractivity contribution is 0.150. The number of hydrogen-bond acceptors (Lipinski definition) is 2. The molecule has 20 heavy (non-hydrogen) atoms. The second-order valence-electron chi connectivity index (χ2n) is 4.96. The summed E-state index contributed by atoms with van der Waals surface area (Å²) in [6, 6.07) is 12.7. The summed E-state index contributed by atoms with van der Waals surface area (Å²) in [6.07, 6.45) is -0.274. The highest BCUT2D eigenvalue weighted by Crippen LogP contribution is 2.41. The lowest BCUT2D eigenvalue weighted by atomic mass is 9.91. The molecule has 0 bridgehead atoms. The van der Waals surface area contributed by atoms with Gasteiger partial charge in [0.2, 0.25) is 0 Å². The van der Waals surface area contributed by atoms with Crippen LogP contribution in [0.4, 0.5) is 4.39 Å². The van der Waals surface area contributed by atoms with Crippen LogP contribution in [0.3, 0.4) is 0 Å². The lowest BCUT2D eigenvalue weighted by Crippen LogP contribution is -2.21. The first kappa shape index (κ1) is 13.9. The van der Waals surface area contributed by atoms with E-state index in [0.29, 0.717) is 17.0 Å². The van der Waals surface area contributed by atoms with Gasteiger partial charge in [0.25, 0.3) is 0 Å². The van der Waals surface area contributed by atoms with Gasteiger partial charge in [-0.15, -0.1) is 11.8 Å². The molecule has 0 spiro atoms. The highest BCUT2D eigenvalue weighted by molar-refractivity contribution is 7.99. The molecular formula is C16H14ClFOS. The average molecular weight is 309 g/mol. The fourth-order valence-corrected chi connectivity index (χ4v) is 4.04. The molecule has 0 saturated carbocycles. The zero-order valence-electron chi connectivity index (χ0n) is 10.7. The van der Waals surface area contributed by atoms with E-state index >= 15 is 0 Å². The van der Waals surface area contributed by atoms with Crippen LogP contribution < -0.4 is 0 Å². The van der Waals surface area contributed by atoms with Gasteiger partial charge in [0.1, 0.15) is 5.82 Å². The van der Waals surface area contributed by atoms with E-state index < -0.39 is 6.10 Å². The Balaban J connectivity index is 1.79. The van der Waals surface area contributed by atoms with Crippen molar-refractivity contribution in [3.05, 3.63) is 64.4 Å². The minimum Gasteiger partial charge on any atom is -0.392 e. The second-order valence-corrected chi connectivity index (χ2v) is 6.46. The van der Waals surface area contributed by atoms with Crippen LogP contribution in [0.5, 0.6) is 0 Å². The third-order valence-electron chi connectivity index (χ3n) is 3.65. The fourth-order valence-electron chi connectivity index (χ4n) is 2.56. The summed E-state index contributed by atoms with van der Waals surface area (Å²) in [7, 11) is 0. The van der Waals surface area contributed by atoms with Gasteiger partial charge in [-0.2, -0.15) is 0 Å². The molecule has 0 radical (unpaired) electrons. The van der Waals surface area contributed by atoms with Crippen LogP contribution in [0.2, 0.25) is 5.02 Å². The van der Waals surface area contributed by atoms with Crippen molar-refractivity contribution in [1.29, 1.82) is 0 Å². The number of benzene rings is 2. The largest absolute Gasteiger partial charge is 0.392 e. The number of thioether (sulfide) groups is 1. The number of fused-ring (bicyclic) bond motifs is 1. The Morgan fingerprint density at radius 1 is 1.30 bits per heavy atom. The predicted octanol–water partition coefficient (Wildman–Crippen LogP) is 4.27. The Morgan fingerprint density at radius 2 is 2.10 bits per heavy atom. The van der Waals surface area contributed by atoms with Crippen LogP contribution in [-0.2, 0) is 6.42 Å². The van der Waals surface area contributed by atoms with Gasteiger partial charge in [0.15, 0.2) is 0 Å². The first-order valence-corrected chi connectivity index (χ1v) is 7.85. The molecule has 1 aliphatic heterocycles. The maximum atomic E-state index is 13.8. The Labute approximate surface area is 126 Å². The molecule has 3 rings (SSSR count). The maximum absolute atomic E-state index is 13.8. The molecule has 1 aliphatic rings. The summed E-state index contributed by atoms with van der Waals surface area (Å²) >= 11 is 7.49. The SMILES string of the molecule is OC(Cc1ccc(Cl)cc1F)C1CSc2ccccc21. The average Bonchev–Trinajstić information content (AvgIpc) is 2.86. The number of aliphatic hydroxyl groups is 1. The van der Waals surface area contributed by atoms with Gasteiger partial charge in [-0.1, -0.05) is 35.9 Å². The van der Waals surface area contributed by atoms with Crippen LogP contribution in [-0.4, -0.2) is 17.0 Å². The van der Waals surface area contributed by atoms with Crippen molar-refractivity contribution in [3.8, 4) is 0 Å². The zero-order valence-corrected chi connectivity index (χ0v) is 12.3. The molecule has 0 aromatic heterocycles. The first-order chi connectivity index (χ1) is 9.65. The summed E-state index contributed by atoms with van der Waals surface area (Å²) in [5.74, 6) is 0.553. The minimum atomic E-state index is -0.582. The highest BCUT2D eigenvalue weighted by Gasteiger charge is 2.29. The molecule has 1 heterocycles. The van der Waals surface area contributed by atoms with Gasteiger partial charge in [-0.05, 0) is 29.3 Å². The molecule has 0 amide bonds. The molecule has 4 heteroatoms. The third-order valence-corrected chi connectivity index (χ3v) is 5.09. The molecule has 2 aromatic rings. The normalized spacial score (nSPS) is 18.9. The van der Waals surface area contributed by atoms with E-state index in [1.807, 2.05) is 18.2 Å². The molecule has 1 nitrogen and oxygen atoms in total. The highest BCUT2D eigenvalue weighted by atomic mass is 35.5. The second kappa shape index (κ2) is 5.76. The number of hydrogen-bond donors (Lipinski definition) is 1. The fraction of sp³-hybridized carbons (Fsp3) is 0.250. The molecule has 0 fully saturated rings. The number of aliphatic hydroxyl groups excluding tert-OH is 1. The Hall–Kier alpha value is -1.03. The molecule has 0 saturated heterocycles. The van der Waals surface area contributed by atoms with Crippen molar-refractivity contribution in [2.24, 2.45) is 0 Å². The minimum absolute atomic E-state index is 0.0614. The molecule has 2 unspecified atom stereocenters. The van der Waals surface area contributed by atoms with Gasteiger partial charge >= 0.3 is 0 Å². The summed E-state index contributed by atoms with van der Waals surface area (Å²) in [4.78, 5) is 1.22. The van der Waals surface area contributed by atoms with Gasteiger partial charge in [-0.3, -0.25) is 0 Å². The van der Waals surface area contributed by atoms with Crippen LogP contribution in [0.25, 0.3) is 0 Å². The van der Waals surface area contributed by atoms with E-state index in [9.17, 15) is 9.50 Å². The van der Waals surface area contributed by atoms with E-state index in [0.717, 1.165) is 5.75 Å². The van der Waals surface area contributed by atoms with E-state index in [2.05, 4.69) is 6.07 Å². The van der Waals surface area contributed by atoms with Gasteiger partial charge in [0, 0.05) is 28.0 Å². The molecule has 2 aromatic carbocycles. The quantitative estimate of drug-likeness (QED) is 0.913. The standard InChI is InChI=1S/C16H14ClFOS/c17-11-6-5-10(14(18)8-11)7-15(19)13-9-20-16-4-2-1-3-12(13)16/h1-6,8,13,15,19H,7,9H2. The van der Waals surface area contributed by atoms with Crippen LogP contribution in [0.1, 0.15) is 17.0 Å². The Morgan fingerprint density at radius 3 is 2.90 bits per heavy atom. The van der Waals surface area contributed by atoms with Crippen molar-refractivity contribution < 1.29 is 9.50 Å². The maximum Gasteiger partial charge on any atom is 0.127 e. The monoisotopic (exact) mass is 308 g/mol. The number of halogens is 2. The lowest BCUT2D eigenvalue weighted by Gasteiger charge is -2.19.